The largest absolute Gasteiger partial charge is 0.385 e. The average Bonchev–Trinajstić information content (AvgIpc) is 2.49. The molecule has 1 aliphatic carbocycles. The van der Waals surface area contributed by atoms with Crippen LogP contribution < -0.4 is 10.6 Å². The van der Waals surface area contributed by atoms with E-state index in [1.807, 2.05) is 18.2 Å². The number of amides is 1. The number of hydrogen-bond acceptors (Lipinski definition) is 2. The first-order valence-electron chi connectivity index (χ1n) is 7.77. The van der Waals surface area contributed by atoms with Crippen LogP contribution in [0.1, 0.15) is 54.4 Å². The maximum Gasteiger partial charge on any atom is 0.251 e. The molecule has 1 amide bonds. The van der Waals surface area contributed by atoms with Gasteiger partial charge in [-0.05, 0) is 43.0 Å². The second kappa shape index (κ2) is 7.32. The molecule has 1 aliphatic rings. The second-order valence-corrected chi connectivity index (χ2v) is 5.83. The summed E-state index contributed by atoms with van der Waals surface area (Å²) in [5, 5.41) is 6.17. The molecule has 1 aromatic rings. The van der Waals surface area contributed by atoms with Crippen molar-refractivity contribution in [3.8, 4) is 0 Å². The topological polar surface area (TPSA) is 41.1 Å². The van der Waals surface area contributed by atoms with Crippen LogP contribution in [0.2, 0.25) is 0 Å². The van der Waals surface area contributed by atoms with Gasteiger partial charge in [0.1, 0.15) is 0 Å². The lowest BCUT2D eigenvalue weighted by Crippen LogP contribution is -2.18. The monoisotopic (exact) mass is 274 g/mol. The summed E-state index contributed by atoms with van der Waals surface area (Å²) in [6.45, 7) is 3.08. The molecule has 1 fully saturated rings. The van der Waals surface area contributed by atoms with Gasteiger partial charge in [-0.2, -0.15) is 0 Å². The summed E-state index contributed by atoms with van der Waals surface area (Å²) in [6, 6.07) is 5.84. The highest BCUT2D eigenvalue weighted by Crippen LogP contribution is 2.26. The molecule has 0 saturated heterocycles. The van der Waals surface area contributed by atoms with E-state index in [4.69, 9.17) is 0 Å². The maximum atomic E-state index is 11.6. The minimum atomic E-state index is -0.0261. The van der Waals surface area contributed by atoms with E-state index in [2.05, 4.69) is 17.6 Å². The van der Waals surface area contributed by atoms with Gasteiger partial charge in [-0.15, -0.1) is 0 Å². The van der Waals surface area contributed by atoms with Gasteiger partial charge in [0, 0.05) is 24.8 Å². The molecule has 110 valence electrons. The summed E-state index contributed by atoms with van der Waals surface area (Å²) in [6.07, 6.45) is 8.29. The average molecular weight is 274 g/mol. The molecule has 0 heterocycles. The van der Waals surface area contributed by atoms with Gasteiger partial charge < -0.3 is 10.6 Å². The molecule has 20 heavy (non-hydrogen) atoms. The Bertz CT molecular complexity index is 450. The molecule has 1 aromatic carbocycles. The van der Waals surface area contributed by atoms with Crippen LogP contribution in [-0.2, 0) is 0 Å². The van der Waals surface area contributed by atoms with Crippen LogP contribution in [0.5, 0.6) is 0 Å². The van der Waals surface area contributed by atoms with Crippen molar-refractivity contribution < 1.29 is 4.79 Å². The Morgan fingerprint density at radius 3 is 2.65 bits per heavy atom. The van der Waals surface area contributed by atoms with Crippen molar-refractivity contribution in [2.24, 2.45) is 5.92 Å². The van der Waals surface area contributed by atoms with E-state index >= 15 is 0 Å². The van der Waals surface area contributed by atoms with Crippen LogP contribution in [0.25, 0.3) is 0 Å². The van der Waals surface area contributed by atoms with Crippen LogP contribution >= 0.6 is 0 Å². The summed E-state index contributed by atoms with van der Waals surface area (Å²) >= 11 is 0. The summed E-state index contributed by atoms with van der Waals surface area (Å²) in [4.78, 5) is 11.6. The molecule has 2 N–H and O–H groups in total. The normalized spacial score (nSPS) is 15.9. The number of carbonyl (C=O) groups is 1. The molecule has 0 radical (unpaired) electrons. The molecule has 0 atom stereocenters. The molecular formula is C17H26N2O. The Labute approximate surface area is 122 Å². The van der Waals surface area contributed by atoms with E-state index in [1.54, 1.807) is 7.05 Å². The molecule has 0 unspecified atom stereocenters. The molecule has 3 heteroatoms. The van der Waals surface area contributed by atoms with Crippen molar-refractivity contribution in [3.05, 3.63) is 29.3 Å². The van der Waals surface area contributed by atoms with E-state index < -0.39 is 0 Å². The lowest BCUT2D eigenvalue weighted by molar-refractivity contribution is 0.0963. The van der Waals surface area contributed by atoms with Crippen LogP contribution in [0.4, 0.5) is 5.69 Å². The van der Waals surface area contributed by atoms with E-state index in [0.29, 0.717) is 0 Å². The van der Waals surface area contributed by atoms with Crippen molar-refractivity contribution in [2.45, 2.75) is 45.4 Å². The quantitative estimate of drug-likeness (QED) is 0.859. The molecule has 3 nitrogen and oxygen atoms in total. The number of hydrogen-bond donors (Lipinski definition) is 2. The number of benzene rings is 1. The van der Waals surface area contributed by atoms with Gasteiger partial charge in [0.05, 0.1) is 0 Å². The third-order valence-electron chi connectivity index (χ3n) is 4.31. The number of rotatable bonds is 5. The highest BCUT2D eigenvalue weighted by Gasteiger charge is 2.13. The summed E-state index contributed by atoms with van der Waals surface area (Å²) in [5.74, 6) is 0.878. The zero-order valence-electron chi connectivity index (χ0n) is 12.7. The second-order valence-electron chi connectivity index (χ2n) is 5.83. The van der Waals surface area contributed by atoms with E-state index in [0.717, 1.165) is 29.3 Å². The third-order valence-corrected chi connectivity index (χ3v) is 4.31. The van der Waals surface area contributed by atoms with E-state index in [9.17, 15) is 4.79 Å². The number of nitrogens with one attached hydrogen (secondary N) is 2. The number of anilines is 1. The molecule has 0 aromatic heterocycles. The fourth-order valence-electron chi connectivity index (χ4n) is 3.03. The highest BCUT2D eigenvalue weighted by atomic mass is 16.1. The van der Waals surface area contributed by atoms with Gasteiger partial charge in [-0.25, -0.2) is 0 Å². The van der Waals surface area contributed by atoms with Gasteiger partial charge in [0.15, 0.2) is 0 Å². The van der Waals surface area contributed by atoms with Crippen molar-refractivity contribution in [1.82, 2.24) is 5.32 Å². The first-order valence-corrected chi connectivity index (χ1v) is 7.77. The zero-order valence-corrected chi connectivity index (χ0v) is 12.7. The number of aryl methyl sites for hydroxylation is 1. The zero-order chi connectivity index (χ0) is 14.4. The molecule has 0 spiro atoms. The van der Waals surface area contributed by atoms with Crippen molar-refractivity contribution >= 4 is 11.6 Å². The summed E-state index contributed by atoms with van der Waals surface area (Å²) in [7, 11) is 1.66. The first-order chi connectivity index (χ1) is 9.70. The molecule has 0 bridgehead atoms. The molecule has 1 saturated carbocycles. The van der Waals surface area contributed by atoms with Crippen LogP contribution in [-0.4, -0.2) is 19.5 Å². The van der Waals surface area contributed by atoms with Crippen LogP contribution in [0.15, 0.2) is 18.2 Å². The van der Waals surface area contributed by atoms with Gasteiger partial charge in [0.25, 0.3) is 5.91 Å². The van der Waals surface area contributed by atoms with Crippen molar-refractivity contribution in [1.29, 1.82) is 0 Å². The third kappa shape index (κ3) is 3.99. The Balaban J connectivity index is 1.84. The van der Waals surface area contributed by atoms with Gasteiger partial charge in [-0.3, -0.25) is 4.79 Å². The van der Waals surface area contributed by atoms with Gasteiger partial charge >= 0.3 is 0 Å². The lowest BCUT2D eigenvalue weighted by Gasteiger charge is -2.22. The summed E-state index contributed by atoms with van der Waals surface area (Å²) in [5.41, 5.74) is 3.01. The van der Waals surface area contributed by atoms with Gasteiger partial charge in [0.2, 0.25) is 0 Å². The Hall–Kier alpha value is -1.51. The van der Waals surface area contributed by atoms with Gasteiger partial charge in [-0.1, -0.05) is 32.1 Å². The van der Waals surface area contributed by atoms with E-state index in [-0.39, 0.29) is 5.91 Å². The van der Waals surface area contributed by atoms with Crippen molar-refractivity contribution in [2.75, 3.05) is 18.9 Å². The van der Waals surface area contributed by atoms with E-state index in [1.165, 1.54) is 38.5 Å². The molecule has 0 aliphatic heterocycles. The Kier molecular flexibility index (Phi) is 5.45. The van der Waals surface area contributed by atoms with Crippen LogP contribution in [0, 0.1) is 12.8 Å². The predicted octanol–water partition coefficient (Wildman–Crippen LogP) is 3.74. The molecule has 2 rings (SSSR count). The SMILES string of the molecule is CNC(=O)c1ccc(NCCC2CCCCC2)c(C)c1. The summed E-state index contributed by atoms with van der Waals surface area (Å²) < 4.78 is 0. The fourth-order valence-corrected chi connectivity index (χ4v) is 3.03. The Morgan fingerprint density at radius 1 is 1.25 bits per heavy atom. The smallest absolute Gasteiger partial charge is 0.251 e. The predicted molar refractivity (Wildman–Crippen MR) is 84.3 cm³/mol. The minimum Gasteiger partial charge on any atom is -0.385 e. The maximum absolute atomic E-state index is 11.6. The fraction of sp³-hybridized carbons (Fsp3) is 0.588. The molecular weight excluding hydrogens is 248 g/mol. The lowest BCUT2D eigenvalue weighted by atomic mass is 9.87. The number of carbonyl (C=O) groups excluding carboxylic acids is 1. The van der Waals surface area contributed by atoms with Crippen LogP contribution in [0.3, 0.4) is 0 Å². The standard InChI is InChI=1S/C17H26N2O/c1-13-12-15(17(20)18-2)8-9-16(13)19-11-10-14-6-4-3-5-7-14/h8-9,12,14,19H,3-7,10-11H2,1-2H3,(H,18,20). The van der Waals surface area contributed by atoms with Crippen molar-refractivity contribution in [3.63, 3.8) is 0 Å². The highest BCUT2D eigenvalue weighted by molar-refractivity contribution is 5.94. The Morgan fingerprint density at radius 2 is 2.00 bits per heavy atom. The first kappa shape index (κ1) is 14.9. The minimum absolute atomic E-state index is 0.0261.